The lowest BCUT2D eigenvalue weighted by atomic mass is 9.98. The third-order valence-electron chi connectivity index (χ3n) is 3.90. The van der Waals surface area contributed by atoms with Gasteiger partial charge in [-0.25, -0.2) is 9.69 Å². The van der Waals surface area contributed by atoms with Crippen molar-refractivity contribution in [1.82, 2.24) is 15.1 Å². The van der Waals surface area contributed by atoms with E-state index in [0.29, 0.717) is 0 Å². The van der Waals surface area contributed by atoms with E-state index in [0.717, 1.165) is 26.2 Å². The van der Waals surface area contributed by atoms with E-state index < -0.39 is 23.1 Å². The molecule has 2 saturated heterocycles. The van der Waals surface area contributed by atoms with E-state index >= 15 is 0 Å². The Balaban J connectivity index is 1.99. The van der Waals surface area contributed by atoms with Crippen molar-refractivity contribution >= 4 is 17.9 Å². The Morgan fingerprint density at radius 3 is 2.48 bits per heavy atom. The molecule has 0 spiro atoms. The number of quaternary nitrogens is 1. The molecule has 1 unspecified atom stereocenters. The number of hydrogen-bond acceptors (Lipinski definition) is 5. The topological polar surface area (TPSA) is 95.6 Å². The molecule has 1 atom stereocenters. The minimum atomic E-state index is -1.23. The fourth-order valence-corrected chi connectivity index (χ4v) is 2.81. The molecule has 8 heteroatoms. The van der Waals surface area contributed by atoms with Crippen molar-refractivity contribution in [3.05, 3.63) is 0 Å². The van der Waals surface area contributed by atoms with Crippen LogP contribution in [-0.2, 0) is 14.3 Å². The van der Waals surface area contributed by atoms with Crippen LogP contribution < -0.4 is 10.6 Å². The number of ether oxygens (including phenoxy) is 1. The van der Waals surface area contributed by atoms with E-state index in [-0.39, 0.29) is 19.0 Å². The van der Waals surface area contributed by atoms with Gasteiger partial charge in [0, 0.05) is 13.1 Å². The Hall–Kier alpha value is -1.67. The quantitative estimate of drug-likeness (QED) is 0.503. The van der Waals surface area contributed by atoms with Crippen molar-refractivity contribution in [2.45, 2.75) is 45.3 Å². The van der Waals surface area contributed by atoms with E-state index in [4.69, 9.17) is 4.74 Å². The molecule has 130 valence electrons. The smallest absolute Gasteiger partial charge is 0.326 e. The molecule has 23 heavy (non-hydrogen) atoms. The second kappa shape index (κ2) is 6.45. The average molecular weight is 327 g/mol. The molecule has 2 rings (SSSR count). The van der Waals surface area contributed by atoms with Gasteiger partial charge >= 0.3 is 12.0 Å². The Labute approximate surface area is 136 Å². The first kappa shape index (κ1) is 17.7. The van der Waals surface area contributed by atoms with Crippen LogP contribution in [-0.4, -0.2) is 71.7 Å². The summed E-state index contributed by atoms with van der Waals surface area (Å²) >= 11 is 0. The fourth-order valence-electron chi connectivity index (χ4n) is 2.81. The van der Waals surface area contributed by atoms with Crippen molar-refractivity contribution in [2.24, 2.45) is 0 Å². The number of piperazine rings is 1. The molecule has 8 nitrogen and oxygen atoms in total. The number of rotatable bonds is 4. The molecule has 0 radical (unpaired) electrons. The fraction of sp³-hybridized carbons (Fsp3) is 0.800. The third-order valence-corrected chi connectivity index (χ3v) is 3.90. The summed E-state index contributed by atoms with van der Waals surface area (Å²) in [5.74, 6) is -0.869. The van der Waals surface area contributed by atoms with Gasteiger partial charge in [-0.2, -0.15) is 0 Å². The highest BCUT2D eigenvalue weighted by Gasteiger charge is 2.50. The number of nitrogens with one attached hydrogen (secondary N) is 1. The first-order valence-electron chi connectivity index (χ1n) is 8.01. The van der Waals surface area contributed by atoms with Crippen LogP contribution in [0, 0.1) is 0 Å². The maximum atomic E-state index is 12.6. The summed E-state index contributed by atoms with van der Waals surface area (Å²) in [6.45, 7) is 10.7. The van der Waals surface area contributed by atoms with E-state index in [1.54, 1.807) is 27.7 Å². The molecule has 2 aliphatic heterocycles. The van der Waals surface area contributed by atoms with Crippen molar-refractivity contribution in [3.63, 3.8) is 0 Å². The van der Waals surface area contributed by atoms with Crippen LogP contribution in [0.3, 0.4) is 0 Å². The van der Waals surface area contributed by atoms with Crippen LogP contribution in [0.5, 0.6) is 0 Å². The van der Waals surface area contributed by atoms with Crippen LogP contribution in [0.2, 0.25) is 0 Å². The number of urea groups is 1. The molecule has 0 aliphatic carbocycles. The summed E-state index contributed by atoms with van der Waals surface area (Å²) in [5, 5.41) is 4.84. The van der Waals surface area contributed by atoms with Crippen LogP contribution in [0.1, 0.15) is 34.1 Å². The lowest BCUT2D eigenvalue weighted by Gasteiger charge is -2.28. The minimum Gasteiger partial charge on any atom is -0.460 e. The number of carbonyl (C=O) groups is 3. The van der Waals surface area contributed by atoms with Gasteiger partial charge in [0.05, 0.1) is 26.2 Å². The van der Waals surface area contributed by atoms with E-state index in [1.807, 2.05) is 0 Å². The molecule has 0 aromatic carbocycles. The number of hydrogen-bond donors (Lipinski definition) is 2. The minimum absolute atomic E-state index is 0.168. The number of nitrogens with zero attached hydrogens (tertiary/aromatic N) is 2. The predicted octanol–water partition coefficient (Wildman–Crippen LogP) is -1.13. The number of amides is 3. The summed E-state index contributed by atoms with van der Waals surface area (Å²) in [7, 11) is 0. The van der Waals surface area contributed by atoms with Crippen molar-refractivity contribution < 1.29 is 24.4 Å². The van der Waals surface area contributed by atoms with Gasteiger partial charge < -0.3 is 15.4 Å². The van der Waals surface area contributed by atoms with Gasteiger partial charge in [-0.15, -0.1) is 0 Å². The Morgan fingerprint density at radius 2 is 1.91 bits per heavy atom. The summed E-state index contributed by atoms with van der Waals surface area (Å²) in [5.41, 5.74) is -1.86. The lowest BCUT2D eigenvalue weighted by molar-refractivity contribution is -0.663. The zero-order valence-electron chi connectivity index (χ0n) is 14.3. The molecule has 0 bridgehead atoms. The summed E-state index contributed by atoms with van der Waals surface area (Å²) in [6.07, 6.45) is -0.168. The summed E-state index contributed by atoms with van der Waals surface area (Å²) in [4.78, 5) is 40.0. The maximum Gasteiger partial charge on any atom is 0.326 e. The van der Waals surface area contributed by atoms with Crippen molar-refractivity contribution in [2.75, 3.05) is 32.8 Å². The average Bonchev–Trinajstić information content (AvgIpc) is 2.61. The summed E-state index contributed by atoms with van der Waals surface area (Å²) in [6, 6.07) is -0.449. The zero-order valence-corrected chi connectivity index (χ0v) is 14.3. The number of carbonyl (C=O) groups excluding carboxylic acids is 3. The van der Waals surface area contributed by atoms with Gasteiger partial charge in [0.15, 0.2) is 0 Å². The van der Waals surface area contributed by atoms with Crippen LogP contribution in [0.25, 0.3) is 0 Å². The van der Waals surface area contributed by atoms with Gasteiger partial charge in [0.25, 0.3) is 5.91 Å². The van der Waals surface area contributed by atoms with Crippen LogP contribution >= 0.6 is 0 Å². The van der Waals surface area contributed by atoms with Gasteiger partial charge in [-0.1, -0.05) is 0 Å². The molecule has 3 amide bonds. The van der Waals surface area contributed by atoms with Gasteiger partial charge in [-0.05, 0) is 27.7 Å². The Bertz CT molecular complexity index is 496. The highest BCUT2D eigenvalue weighted by Crippen LogP contribution is 2.23. The van der Waals surface area contributed by atoms with E-state index in [2.05, 4.69) is 15.5 Å². The van der Waals surface area contributed by atoms with Crippen molar-refractivity contribution in [1.29, 1.82) is 0 Å². The molecule has 0 saturated carbocycles. The SMILES string of the molecule is CC(C)(C)OC(=O)CC1(C)NC(=O)N(CN2CC[NH2+]CC2)C1=O. The first-order valence-corrected chi connectivity index (χ1v) is 8.01. The number of esters is 1. The normalized spacial score (nSPS) is 26.3. The molecular weight excluding hydrogens is 300 g/mol. The third kappa shape index (κ3) is 4.42. The highest BCUT2D eigenvalue weighted by atomic mass is 16.6. The highest BCUT2D eigenvalue weighted by molar-refractivity contribution is 6.08. The summed E-state index contributed by atoms with van der Waals surface area (Å²) < 4.78 is 5.26. The second-order valence-corrected chi connectivity index (χ2v) is 7.38. The molecule has 3 N–H and O–H groups in total. The lowest BCUT2D eigenvalue weighted by Crippen LogP contribution is -2.89. The number of imide groups is 1. The standard InChI is InChI=1S/C15H26N4O4/c1-14(2,3)23-11(20)9-15(4)12(21)19(13(22)17-15)10-18-7-5-16-6-8-18/h16H,5-10H2,1-4H3,(H,17,22)/p+1. The van der Waals surface area contributed by atoms with Crippen LogP contribution in [0.4, 0.5) is 4.79 Å². The van der Waals surface area contributed by atoms with Gasteiger partial charge in [-0.3, -0.25) is 14.5 Å². The first-order chi connectivity index (χ1) is 10.6. The molecule has 0 aromatic heterocycles. The maximum absolute atomic E-state index is 12.6. The molecule has 2 fully saturated rings. The van der Waals surface area contributed by atoms with E-state index in [1.165, 1.54) is 4.90 Å². The molecule has 2 heterocycles. The monoisotopic (exact) mass is 327 g/mol. The predicted molar refractivity (Wildman–Crippen MR) is 82.3 cm³/mol. The Morgan fingerprint density at radius 1 is 1.30 bits per heavy atom. The zero-order chi connectivity index (χ0) is 17.3. The van der Waals surface area contributed by atoms with Gasteiger partial charge in [0.2, 0.25) is 0 Å². The second-order valence-electron chi connectivity index (χ2n) is 7.38. The van der Waals surface area contributed by atoms with E-state index in [9.17, 15) is 14.4 Å². The molecule has 0 aromatic rings. The van der Waals surface area contributed by atoms with Crippen LogP contribution in [0.15, 0.2) is 0 Å². The molecule has 2 aliphatic rings. The van der Waals surface area contributed by atoms with Gasteiger partial charge in [0.1, 0.15) is 11.1 Å². The van der Waals surface area contributed by atoms with Crippen molar-refractivity contribution in [3.8, 4) is 0 Å². The number of nitrogens with two attached hydrogens (primary N) is 1. The Kier molecular flexibility index (Phi) is 4.95. The largest absolute Gasteiger partial charge is 0.460 e. The molecular formula is C15H27N4O4+.